The minimum Gasteiger partial charge on any atom is -0.481 e. The monoisotopic (exact) mass is 200 g/mol. The van der Waals surface area contributed by atoms with Gasteiger partial charge in [0.2, 0.25) is 0 Å². The topological polar surface area (TPSA) is 63.6 Å². The molecule has 1 fully saturated rings. The van der Waals surface area contributed by atoms with Crippen LogP contribution in [0.3, 0.4) is 0 Å². The van der Waals surface area contributed by atoms with Crippen LogP contribution in [0.1, 0.15) is 26.7 Å². The lowest BCUT2D eigenvalue weighted by Crippen LogP contribution is -2.34. The number of hydrogen-bond acceptors (Lipinski definition) is 3. The van der Waals surface area contributed by atoms with E-state index in [0.717, 1.165) is 0 Å². The molecule has 0 amide bonds. The van der Waals surface area contributed by atoms with Gasteiger partial charge in [-0.05, 0) is 18.3 Å². The van der Waals surface area contributed by atoms with Gasteiger partial charge in [-0.15, -0.1) is 0 Å². The normalized spacial score (nSPS) is 29.9. The van der Waals surface area contributed by atoms with Gasteiger partial charge in [-0.1, -0.05) is 13.8 Å². The smallest absolute Gasteiger partial charge is 0.309 e. The molecular weight excluding hydrogens is 184 g/mol. The SMILES string of the molecule is COC(=O)[C@H]1CC[C@@H](C(=O)O)C1(C)C. The number of carboxylic acids is 1. The van der Waals surface area contributed by atoms with Crippen LogP contribution in [0.4, 0.5) is 0 Å². The molecule has 4 heteroatoms. The fourth-order valence-corrected chi connectivity index (χ4v) is 2.33. The molecule has 0 aromatic rings. The standard InChI is InChI=1S/C10H16O4/c1-10(2)6(8(11)12)4-5-7(10)9(13)14-3/h6-7H,4-5H2,1-3H3,(H,11,12)/t6-,7+/m0/s1. The van der Waals surface area contributed by atoms with E-state index >= 15 is 0 Å². The number of carboxylic acid groups (broad SMARTS) is 1. The van der Waals surface area contributed by atoms with Crippen LogP contribution in [-0.4, -0.2) is 24.2 Å². The largest absolute Gasteiger partial charge is 0.481 e. The van der Waals surface area contributed by atoms with Crippen LogP contribution in [0.25, 0.3) is 0 Å². The molecule has 1 aliphatic carbocycles. The van der Waals surface area contributed by atoms with Crippen LogP contribution < -0.4 is 0 Å². The first-order chi connectivity index (χ1) is 6.41. The Morgan fingerprint density at radius 1 is 1.29 bits per heavy atom. The molecule has 0 aliphatic heterocycles. The Labute approximate surface area is 83.2 Å². The molecule has 80 valence electrons. The summed E-state index contributed by atoms with van der Waals surface area (Å²) in [5.41, 5.74) is -0.501. The van der Waals surface area contributed by atoms with E-state index in [9.17, 15) is 9.59 Å². The van der Waals surface area contributed by atoms with Crippen molar-refractivity contribution in [1.82, 2.24) is 0 Å². The zero-order chi connectivity index (χ0) is 10.9. The van der Waals surface area contributed by atoms with E-state index in [1.807, 2.05) is 13.8 Å². The summed E-state index contributed by atoms with van der Waals surface area (Å²) in [5.74, 6) is -1.83. The summed E-state index contributed by atoms with van der Waals surface area (Å²) in [6.45, 7) is 3.64. The molecular formula is C10H16O4. The van der Waals surface area contributed by atoms with E-state index in [1.165, 1.54) is 7.11 Å². The van der Waals surface area contributed by atoms with Crippen molar-refractivity contribution in [3.05, 3.63) is 0 Å². The molecule has 0 bridgehead atoms. The number of rotatable bonds is 2. The highest BCUT2D eigenvalue weighted by Gasteiger charge is 2.50. The third-order valence-corrected chi connectivity index (χ3v) is 3.32. The van der Waals surface area contributed by atoms with Gasteiger partial charge in [0.25, 0.3) is 0 Å². The lowest BCUT2D eigenvalue weighted by atomic mass is 9.75. The first kappa shape index (κ1) is 11.0. The average molecular weight is 200 g/mol. The maximum absolute atomic E-state index is 11.4. The molecule has 1 rings (SSSR count). The summed E-state index contributed by atoms with van der Waals surface area (Å²) in [6.07, 6.45) is 1.17. The predicted molar refractivity (Wildman–Crippen MR) is 49.6 cm³/mol. The summed E-state index contributed by atoms with van der Waals surface area (Å²) in [7, 11) is 1.34. The minimum absolute atomic E-state index is 0.284. The number of carbonyl (C=O) groups is 2. The predicted octanol–water partition coefficient (Wildman–Crippen LogP) is 1.30. The maximum atomic E-state index is 11.4. The Bertz CT molecular complexity index is 257. The van der Waals surface area contributed by atoms with E-state index in [4.69, 9.17) is 5.11 Å². The zero-order valence-electron chi connectivity index (χ0n) is 8.74. The molecule has 0 unspecified atom stereocenters. The van der Waals surface area contributed by atoms with E-state index < -0.39 is 17.3 Å². The number of methoxy groups -OCH3 is 1. The van der Waals surface area contributed by atoms with E-state index in [0.29, 0.717) is 12.8 Å². The van der Waals surface area contributed by atoms with Crippen LogP contribution in [0, 0.1) is 17.3 Å². The molecule has 4 nitrogen and oxygen atoms in total. The first-order valence-corrected chi connectivity index (χ1v) is 4.72. The molecule has 0 radical (unpaired) electrons. The minimum atomic E-state index is -0.818. The summed E-state index contributed by atoms with van der Waals surface area (Å²) in [4.78, 5) is 22.3. The maximum Gasteiger partial charge on any atom is 0.309 e. The number of aliphatic carboxylic acids is 1. The molecule has 0 aromatic carbocycles. The highest BCUT2D eigenvalue weighted by molar-refractivity contribution is 5.78. The van der Waals surface area contributed by atoms with Crippen LogP contribution in [0.2, 0.25) is 0 Å². The third-order valence-electron chi connectivity index (χ3n) is 3.32. The van der Waals surface area contributed by atoms with E-state index in [2.05, 4.69) is 4.74 Å². The van der Waals surface area contributed by atoms with Crippen molar-refractivity contribution < 1.29 is 19.4 Å². The quantitative estimate of drug-likeness (QED) is 0.682. The van der Waals surface area contributed by atoms with Gasteiger partial charge in [-0.3, -0.25) is 9.59 Å². The number of ether oxygens (including phenoxy) is 1. The summed E-state index contributed by atoms with van der Waals surface area (Å²) >= 11 is 0. The Hall–Kier alpha value is -1.06. The number of hydrogen-bond donors (Lipinski definition) is 1. The second-order valence-electron chi connectivity index (χ2n) is 4.37. The molecule has 1 saturated carbocycles. The van der Waals surface area contributed by atoms with Gasteiger partial charge in [0.15, 0.2) is 0 Å². The van der Waals surface area contributed by atoms with Crippen molar-refractivity contribution in [2.75, 3.05) is 7.11 Å². The molecule has 0 spiro atoms. The zero-order valence-corrected chi connectivity index (χ0v) is 8.74. The lowest BCUT2D eigenvalue weighted by molar-refractivity contribution is -0.152. The fraction of sp³-hybridized carbons (Fsp3) is 0.800. The van der Waals surface area contributed by atoms with Crippen LogP contribution >= 0.6 is 0 Å². The Morgan fingerprint density at radius 2 is 1.79 bits per heavy atom. The summed E-state index contributed by atoms with van der Waals surface area (Å²) in [5, 5.41) is 8.97. The number of carbonyl (C=O) groups excluding carboxylic acids is 1. The third kappa shape index (κ3) is 1.61. The molecule has 0 heterocycles. The highest BCUT2D eigenvalue weighted by Crippen LogP contribution is 2.47. The second kappa shape index (κ2) is 3.59. The van der Waals surface area contributed by atoms with Crippen molar-refractivity contribution in [3.8, 4) is 0 Å². The Morgan fingerprint density at radius 3 is 2.14 bits per heavy atom. The molecule has 14 heavy (non-hydrogen) atoms. The Kier molecular flexibility index (Phi) is 2.83. The number of esters is 1. The lowest BCUT2D eigenvalue weighted by Gasteiger charge is -2.28. The molecule has 2 atom stereocenters. The van der Waals surface area contributed by atoms with Gasteiger partial charge in [0.1, 0.15) is 0 Å². The van der Waals surface area contributed by atoms with Gasteiger partial charge in [0.05, 0.1) is 18.9 Å². The van der Waals surface area contributed by atoms with Gasteiger partial charge >= 0.3 is 11.9 Å². The van der Waals surface area contributed by atoms with Crippen molar-refractivity contribution in [3.63, 3.8) is 0 Å². The van der Waals surface area contributed by atoms with Crippen molar-refractivity contribution in [2.24, 2.45) is 17.3 Å². The average Bonchev–Trinajstić information content (AvgIpc) is 2.39. The van der Waals surface area contributed by atoms with Crippen molar-refractivity contribution in [1.29, 1.82) is 0 Å². The summed E-state index contributed by atoms with van der Waals surface area (Å²) in [6, 6.07) is 0. The Balaban J connectivity index is 2.86. The molecule has 0 saturated heterocycles. The van der Waals surface area contributed by atoms with Crippen LogP contribution in [-0.2, 0) is 14.3 Å². The first-order valence-electron chi connectivity index (χ1n) is 4.72. The molecule has 0 aromatic heterocycles. The fourth-order valence-electron chi connectivity index (χ4n) is 2.33. The van der Waals surface area contributed by atoms with Gasteiger partial charge in [-0.25, -0.2) is 0 Å². The molecule has 1 aliphatic rings. The summed E-state index contributed by atoms with van der Waals surface area (Å²) < 4.78 is 4.67. The van der Waals surface area contributed by atoms with E-state index in [-0.39, 0.29) is 11.9 Å². The van der Waals surface area contributed by atoms with Gasteiger partial charge in [-0.2, -0.15) is 0 Å². The van der Waals surface area contributed by atoms with Crippen molar-refractivity contribution in [2.45, 2.75) is 26.7 Å². The molecule has 1 N–H and O–H groups in total. The van der Waals surface area contributed by atoms with Crippen LogP contribution in [0.5, 0.6) is 0 Å². The second-order valence-corrected chi connectivity index (χ2v) is 4.37. The van der Waals surface area contributed by atoms with Gasteiger partial charge < -0.3 is 9.84 Å². The van der Waals surface area contributed by atoms with Gasteiger partial charge in [0, 0.05) is 0 Å². The van der Waals surface area contributed by atoms with Crippen LogP contribution in [0.15, 0.2) is 0 Å². The van der Waals surface area contributed by atoms with Crippen molar-refractivity contribution >= 4 is 11.9 Å². The van der Waals surface area contributed by atoms with E-state index in [1.54, 1.807) is 0 Å². The highest BCUT2D eigenvalue weighted by atomic mass is 16.5.